The monoisotopic (exact) mass is 704 g/mol. The summed E-state index contributed by atoms with van der Waals surface area (Å²) in [5.41, 5.74) is 3.87. The Hall–Kier alpha value is -6.02. The molecule has 0 saturated carbocycles. The van der Waals surface area contributed by atoms with E-state index in [9.17, 15) is 9.59 Å². The van der Waals surface area contributed by atoms with E-state index in [-0.39, 0.29) is 11.6 Å². The smallest absolute Gasteiger partial charge is 0.185 e. The van der Waals surface area contributed by atoms with Gasteiger partial charge in [0.1, 0.15) is 36.2 Å². The van der Waals surface area contributed by atoms with Crippen LogP contribution in [-0.2, 0) is 6.42 Å². The number of methoxy groups -OCH3 is 4. The molecule has 4 aromatic carbocycles. The molecule has 0 fully saturated rings. The minimum atomic E-state index is -0.102. The molecule has 8 nitrogen and oxygen atoms in total. The average Bonchev–Trinajstić information content (AvgIpc) is 3.19. The van der Waals surface area contributed by atoms with E-state index < -0.39 is 0 Å². The van der Waals surface area contributed by atoms with Crippen LogP contribution in [0.15, 0.2) is 116 Å². The summed E-state index contributed by atoms with van der Waals surface area (Å²) in [5.74, 6) is 4.00. The third-order valence-corrected chi connectivity index (χ3v) is 7.70. The highest BCUT2D eigenvalue weighted by Gasteiger charge is 2.12. The fraction of sp³-hybridized carbons (Fsp3) is 0.227. The van der Waals surface area contributed by atoms with Crippen LogP contribution in [0.5, 0.6) is 34.5 Å². The van der Waals surface area contributed by atoms with Gasteiger partial charge in [-0.25, -0.2) is 0 Å². The number of carbonyl (C=O) groups is 2. The second-order valence-electron chi connectivity index (χ2n) is 11.2. The van der Waals surface area contributed by atoms with Crippen molar-refractivity contribution in [2.75, 3.05) is 41.7 Å². The van der Waals surface area contributed by atoms with Crippen LogP contribution in [0.1, 0.15) is 57.2 Å². The zero-order valence-electron chi connectivity index (χ0n) is 30.7. The lowest BCUT2D eigenvalue weighted by atomic mass is 10.0. The minimum absolute atomic E-state index is 0.0803. The Morgan fingerprint density at radius 2 is 1.13 bits per heavy atom. The zero-order valence-corrected chi connectivity index (χ0v) is 30.7. The lowest BCUT2D eigenvalue weighted by Crippen LogP contribution is -1.99. The fourth-order valence-electron chi connectivity index (χ4n) is 5.01. The highest BCUT2D eigenvalue weighted by molar-refractivity contribution is 6.07. The highest BCUT2D eigenvalue weighted by Crippen LogP contribution is 2.33. The molecule has 4 aromatic rings. The molecule has 0 aliphatic carbocycles. The topological polar surface area (TPSA) is 89.5 Å². The van der Waals surface area contributed by atoms with Crippen molar-refractivity contribution in [1.29, 1.82) is 0 Å². The van der Waals surface area contributed by atoms with Crippen molar-refractivity contribution in [3.05, 3.63) is 144 Å². The molecule has 0 aliphatic heterocycles. The molecule has 0 amide bonds. The first-order valence-electron chi connectivity index (χ1n) is 16.9. The highest BCUT2D eigenvalue weighted by atomic mass is 16.5. The van der Waals surface area contributed by atoms with Gasteiger partial charge in [0.15, 0.2) is 23.1 Å². The van der Waals surface area contributed by atoms with Crippen molar-refractivity contribution >= 4 is 23.7 Å². The van der Waals surface area contributed by atoms with Crippen molar-refractivity contribution in [3.63, 3.8) is 0 Å². The van der Waals surface area contributed by atoms with Gasteiger partial charge < -0.3 is 28.4 Å². The van der Waals surface area contributed by atoms with Gasteiger partial charge >= 0.3 is 0 Å². The van der Waals surface area contributed by atoms with Crippen LogP contribution < -0.4 is 28.4 Å². The first kappa shape index (κ1) is 40.4. The van der Waals surface area contributed by atoms with Gasteiger partial charge in [-0.2, -0.15) is 0 Å². The molecule has 0 radical (unpaired) electrons. The summed E-state index contributed by atoms with van der Waals surface area (Å²) >= 11 is 0. The molecule has 272 valence electrons. The molecule has 0 N–H and O–H groups in total. The largest absolute Gasteiger partial charge is 0.496 e. The van der Waals surface area contributed by atoms with Crippen molar-refractivity contribution in [1.82, 2.24) is 0 Å². The second-order valence-corrected chi connectivity index (χ2v) is 11.2. The molecule has 0 spiro atoms. The number of rotatable bonds is 19. The van der Waals surface area contributed by atoms with E-state index in [4.69, 9.17) is 28.4 Å². The molecular weight excluding hydrogens is 656 g/mol. The van der Waals surface area contributed by atoms with E-state index in [1.165, 1.54) is 6.08 Å². The predicted octanol–water partition coefficient (Wildman–Crippen LogP) is 9.67. The van der Waals surface area contributed by atoms with E-state index >= 15 is 0 Å². The number of hydrogen-bond acceptors (Lipinski definition) is 8. The number of allylic oxidation sites excluding steroid dienone is 2. The van der Waals surface area contributed by atoms with E-state index in [1.807, 2.05) is 24.3 Å². The Labute approximate surface area is 307 Å². The number of hydrogen-bond donors (Lipinski definition) is 0. The van der Waals surface area contributed by atoms with Gasteiger partial charge in [-0.3, -0.25) is 9.59 Å². The summed E-state index contributed by atoms with van der Waals surface area (Å²) in [6.45, 7) is 10.2. The molecule has 0 bridgehead atoms. The molecular formula is C44H48O8. The maximum absolute atomic E-state index is 12.5. The van der Waals surface area contributed by atoms with Gasteiger partial charge in [0.05, 0.1) is 28.4 Å². The summed E-state index contributed by atoms with van der Waals surface area (Å²) < 4.78 is 32.5. The number of unbranched alkanes of at least 4 members (excludes halogenated alkanes) is 1. The third-order valence-electron chi connectivity index (χ3n) is 7.70. The molecule has 0 saturated heterocycles. The van der Waals surface area contributed by atoms with Crippen LogP contribution in [0, 0.1) is 0 Å². The Morgan fingerprint density at radius 3 is 1.58 bits per heavy atom. The quantitative estimate of drug-likeness (QED) is 0.0542. The van der Waals surface area contributed by atoms with Crippen molar-refractivity contribution in [2.24, 2.45) is 0 Å². The molecule has 0 aliphatic rings. The first-order chi connectivity index (χ1) is 25.3. The van der Waals surface area contributed by atoms with E-state index in [0.717, 1.165) is 47.5 Å². The Morgan fingerprint density at radius 1 is 0.635 bits per heavy atom. The summed E-state index contributed by atoms with van der Waals surface area (Å²) in [6, 6.07) is 23.4. The van der Waals surface area contributed by atoms with Gasteiger partial charge in [0.2, 0.25) is 0 Å². The van der Waals surface area contributed by atoms with Crippen LogP contribution in [0.2, 0.25) is 0 Å². The van der Waals surface area contributed by atoms with Gasteiger partial charge in [-0.05, 0) is 103 Å². The molecule has 0 unspecified atom stereocenters. The number of ether oxygens (including phenoxy) is 6. The molecule has 0 heterocycles. The molecule has 0 aromatic heterocycles. The van der Waals surface area contributed by atoms with Crippen LogP contribution in [0.4, 0.5) is 0 Å². The van der Waals surface area contributed by atoms with Crippen molar-refractivity contribution in [3.8, 4) is 34.5 Å². The number of ketones is 2. The fourth-order valence-corrected chi connectivity index (χ4v) is 5.01. The lowest BCUT2D eigenvalue weighted by Gasteiger charge is -2.14. The summed E-state index contributed by atoms with van der Waals surface area (Å²) in [5, 5.41) is 0. The molecule has 8 heteroatoms. The van der Waals surface area contributed by atoms with E-state index in [0.29, 0.717) is 47.3 Å². The van der Waals surface area contributed by atoms with Gasteiger partial charge in [-0.15, -0.1) is 0 Å². The minimum Gasteiger partial charge on any atom is -0.496 e. The SMILES string of the molecule is C=CCOc1ccc(C(=O)/C=C/c2cc(OC)c(CCCC)c(OC)c2)cc1.C=CCOc1ccc(C(=O)/C=C/c2cccc(OC)c2OC)cc1. The average molecular weight is 705 g/mol. The maximum atomic E-state index is 12.5. The van der Waals surface area contributed by atoms with E-state index in [1.54, 1.807) is 113 Å². The second kappa shape index (κ2) is 21.9. The number of para-hydroxylation sites is 1. The van der Waals surface area contributed by atoms with Crippen LogP contribution in [0.25, 0.3) is 12.2 Å². The van der Waals surface area contributed by atoms with Crippen LogP contribution >= 0.6 is 0 Å². The molecule has 4 rings (SSSR count). The first-order valence-corrected chi connectivity index (χ1v) is 16.9. The number of benzene rings is 4. The van der Waals surface area contributed by atoms with Gasteiger partial charge in [-0.1, -0.05) is 56.9 Å². The maximum Gasteiger partial charge on any atom is 0.185 e. The third kappa shape index (κ3) is 12.1. The Bertz CT molecular complexity index is 1790. The van der Waals surface area contributed by atoms with Crippen molar-refractivity contribution < 1.29 is 38.0 Å². The summed E-state index contributed by atoms with van der Waals surface area (Å²) in [7, 11) is 6.45. The Kier molecular flexibility index (Phi) is 17.0. The Balaban J connectivity index is 0.000000284. The lowest BCUT2D eigenvalue weighted by molar-refractivity contribution is 0.103. The molecule has 0 atom stereocenters. The summed E-state index contributed by atoms with van der Waals surface area (Å²) in [6.07, 6.45) is 13.0. The standard InChI is InChI=1S/C24H28O4.C20H20O4/c1-5-7-8-21-23(26-3)16-18(17-24(21)27-4)9-14-22(25)19-10-12-20(13-11-19)28-15-6-2;1-4-14-24-17-11-8-15(9-12-17)18(21)13-10-16-6-5-7-19(22-2)20(16)23-3/h6,9-14,16-17H,2,5,7-8,15H2,1,3-4H3;4-13H,1,14H2,2-3H3/b14-9+;13-10+. The molecule has 52 heavy (non-hydrogen) atoms. The normalized spacial score (nSPS) is 10.6. The van der Waals surface area contributed by atoms with Crippen LogP contribution in [-0.4, -0.2) is 53.2 Å². The summed E-state index contributed by atoms with van der Waals surface area (Å²) in [4.78, 5) is 24.7. The predicted molar refractivity (Wildman–Crippen MR) is 209 cm³/mol. The van der Waals surface area contributed by atoms with Crippen LogP contribution in [0.3, 0.4) is 0 Å². The van der Waals surface area contributed by atoms with E-state index in [2.05, 4.69) is 20.1 Å². The van der Waals surface area contributed by atoms with Gasteiger partial charge in [0, 0.05) is 22.3 Å². The van der Waals surface area contributed by atoms with Crippen molar-refractivity contribution in [2.45, 2.75) is 26.2 Å². The number of carbonyl (C=O) groups excluding carboxylic acids is 2. The zero-order chi connectivity index (χ0) is 37.7. The van der Waals surface area contributed by atoms with Gasteiger partial charge in [0.25, 0.3) is 0 Å².